The van der Waals surface area contributed by atoms with Gasteiger partial charge in [-0.3, -0.25) is 19.3 Å². The number of hydrogen-bond donors (Lipinski definition) is 1. The van der Waals surface area contributed by atoms with Crippen LogP contribution in [0.5, 0.6) is 17.2 Å². The average molecular weight is 497 g/mol. The fourth-order valence-electron chi connectivity index (χ4n) is 3.51. The second-order valence-electron chi connectivity index (χ2n) is 7.38. The van der Waals surface area contributed by atoms with Gasteiger partial charge in [0, 0.05) is 5.56 Å². The zero-order valence-corrected chi connectivity index (χ0v) is 20.8. The van der Waals surface area contributed by atoms with Crippen LogP contribution in [0.15, 0.2) is 54.0 Å². The van der Waals surface area contributed by atoms with Crippen LogP contribution in [0, 0.1) is 0 Å². The molecule has 9 heteroatoms. The molecule has 1 N–H and O–H groups in total. The average Bonchev–Trinajstić information content (AvgIpc) is 3.09. The molecule has 1 fully saturated rings. The molecule has 1 saturated heterocycles. The first-order valence-corrected chi connectivity index (χ1v) is 11.9. The normalized spacial score (nSPS) is 14.3. The van der Waals surface area contributed by atoms with Crippen molar-refractivity contribution in [1.29, 1.82) is 0 Å². The number of benzene rings is 2. The summed E-state index contributed by atoms with van der Waals surface area (Å²) in [6, 6.07) is 10.5. The van der Waals surface area contributed by atoms with Crippen molar-refractivity contribution < 1.29 is 28.6 Å². The molecule has 184 valence electrons. The summed E-state index contributed by atoms with van der Waals surface area (Å²) in [6.07, 6.45) is 3.92. The molecule has 0 unspecified atom stereocenters. The van der Waals surface area contributed by atoms with E-state index < -0.39 is 23.6 Å². The number of hydrogen-bond acceptors (Lipinski definition) is 7. The lowest BCUT2D eigenvalue weighted by molar-refractivity contribution is -0.127. The van der Waals surface area contributed by atoms with Gasteiger partial charge in [0.2, 0.25) is 5.91 Å². The number of allylic oxidation sites excluding steroid dienone is 1. The third-order valence-corrected chi connectivity index (χ3v) is 5.87. The van der Waals surface area contributed by atoms with Gasteiger partial charge in [0.1, 0.15) is 12.3 Å². The van der Waals surface area contributed by atoms with Gasteiger partial charge in [-0.2, -0.15) is 0 Å². The van der Waals surface area contributed by atoms with E-state index in [1.165, 1.54) is 7.11 Å². The Morgan fingerprint density at radius 1 is 1.11 bits per heavy atom. The summed E-state index contributed by atoms with van der Waals surface area (Å²) in [5.41, 5.74) is 1.99. The van der Waals surface area contributed by atoms with Gasteiger partial charge in [0.05, 0.1) is 30.9 Å². The molecular formula is C26H28N2O6S. The Morgan fingerprint density at radius 3 is 2.54 bits per heavy atom. The summed E-state index contributed by atoms with van der Waals surface area (Å²) < 4.78 is 16.8. The largest absolute Gasteiger partial charge is 0.495 e. The van der Waals surface area contributed by atoms with Crippen molar-refractivity contribution in [3.63, 3.8) is 0 Å². The summed E-state index contributed by atoms with van der Waals surface area (Å²) in [5.74, 6) is 0.618. The molecule has 0 bridgehead atoms. The van der Waals surface area contributed by atoms with Crippen molar-refractivity contribution in [3.8, 4) is 17.2 Å². The number of amides is 3. The summed E-state index contributed by atoms with van der Waals surface area (Å²) in [4.78, 5) is 39.2. The lowest BCUT2D eigenvalue weighted by atomic mass is 10.0. The predicted octanol–water partition coefficient (Wildman–Crippen LogP) is 4.90. The van der Waals surface area contributed by atoms with E-state index in [1.807, 2.05) is 19.9 Å². The lowest BCUT2D eigenvalue weighted by Crippen LogP contribution is -2.36. The smallest absolute Gasteiger partial charge is 0.294 e. The maximum atomic E-state index is 13.0. The topological polar surface area (TPSA) is 94.2 Å². The standard InChI is InChI=1S/C26H28N2O6S/c1-5-10-18-13-17(14-21(33-6-2)24(18)34-7-3)15-22-25(30)28(26(31)35-22)16-23(29)27-19-11-8-9-12-20(19)32-4/h5,8-9,11-15H,1,6-7,10,16H2,2-4H3,(H,27,29)/b22-15+. The molecule has 0 aromatic heterocycles. The van der Waals surface area contributed by atoms with Gasteiger partial charge in [-0.25, -0.2) is 0 Å². The number of anilines is 1. The number of ether oxygens (including phenoxy) is 3. The van der Waals surface area contributed by atoms with Crippen LogP contribution in [0.1, 0.15) is 25.0 Å². The molecule has 0 spiro atoms. The molecule has 8 nitrogen and oxygen atoms in total. The van der Waals surface area contributed by atoms with Gasteiger partial charge in [-0.05, 0) is 67.9 Å². The molecule has 2 aromatic carbocycles. The van der Waals surface area contributed by atoms with Crippen LogP contribution in [0.2, 0.25) is 0 Å². The number of thioether (sulfide) groups is 1. The molecular weight excluding hydrogens is 468 g/mol. The molecule has 1 heterocycles. The highest BCUT2D eigenvalue weighted by Crippen LogP contribution is 2.37. The van der Waals surface area contributed by atoms with E-state index in [0.29, 0.717) is 48.1 Å². The molecule has 3 amide bonds. The Hall–Kier alpha value is -3.72. The van der Waals surface area contributed by atoms with E-state index in [0.717, 1.165) is 22.2 Å². The Bertz CT molecular complexity index is 1160. The molecule has 3 rings (SSSR count). The molecule has 0 atom stereocenters. The van der Waals surface area contributed by atoms with Crippen LogP contribution in [0.4, 0.5) is 10.5 Å². The minimum atomic E-state index is -0.535. The third kappa shape index (κ3) is 6.24. The van der Waals surface area contributed by atoms with Gasteiger partial charge in [0.15, 0.2) is 11.5 Å². The second kappa shape index (κ2) is 12.1. The van der Waals surface area contributed by atoms with E-state index in [-0.39, 0.29) is 4.91 Å². The molecule has 35 heavy (non-hydrogen) atoms. The minimum Gasteiger partial charge on any atom is -0.495 e. The lowest BCUT2D eigenvalue weighted by Gasteiger charge is -2.16. The highest BCUT2D eigenvalue weighted by Gasteiger charge is 2.36. The fourth-order valence-corrected chi connectivity index (χ4v) is 4.35. The van der Waals surface area contributed by atoms with Crippen molar-refractivity contribution in [2.24, 2.45) is 0 Å². The Kier molecular flexibility index (Phi) is 8.97. The summed E-state index contributed by atoms with van der Waals surface area (Å²) in [7, 11) is 1.49. The first kappa shape index (κ1) is 25.9. The molecule has 0 radical (unpaired) electrons. The van der Waals surface area contributed by atoms with Gasteiger partial charge in [-0.15, -0.1) is 6.58 Å². The zero-order chi connectivity index (χ0) is 25.4. The Morgan fingerprint density at radius 2 is 1.86 bits per heavy atom. The summed E-state index contributed by atoms with van der Waals surface area (Å²) >= 11 is 0.787. The Labute approximate surface area is 208 Å². The molecule has 1 aliphatic heterocycles. The van der Waals surface area contributed by atoms with Crippen LogP contribution in [-0.2, 0) is 16.0 Å². The van der Waals surface area contributed by atoms with E-state index >= 15 is 0 Å². The van der Waals surface area contributed by atoms with E-state index in [1.54, 1.807) is 42.5 Å². The van der Waals surface area contributed by atoms with Crippen LogP contribution < -0.4 is 19.5 Å². The molecule has 0 saturated carbocycles. The van der Waals surface area contributed by atoms with Crippen LogP contribution in [0.25, 0.3) is 6.08 Å². The second-order valence-corrected chi connectivity index (χ2v) is 8.38. The monoisotopic (exact) mass is 496 g/mol. The SMILES string of the molecule is C=CCc1cc(/C=C2/SC(=O)N(CC(=O)Nc3ccccc3OC)C2=O)cc(OCC)c1OCC. The Balaban J connectivity index is 1.82. The van der Waals surface area contributed by atoms with Gasteiger partial charge >= 0.3 is 0 Å². The summed E-state index contributed by atoms with van der Waals surface area (Å²) in [6.45, 7) is 8.06. The number of nitrogens with zero attached hydrogens (tertiary/aromatic N) is 1. The van der Waals surface area contributed by atoms with E-state index in [4.69, 9.17) is 14.2 Å². The van der Waals surface area contributed by atoms with Gasteiger partial charge in [-0.1, -0.05) is 18.2 Å². The highest BCUT2D eigenvalue weighted by molar-refractivity contribution is 8.18. The molecule has 2 aromatic rings. The van der Waals surface area contributed by atoms with Crippen molar-refractivity contribution >= 4 is 40.6 Å². The van der Waals surface area contributed by atoms with E-state index in [2.05, 4.69) is 11.9 Å². The quantitative estimate of drug-likeness (QED) is 0.349. The highest BCUT2D eigenvalue weighted by atomic mass is 32.2. The number of methoxy groups -OCH3 is 1. The number of rotatable bonds is 11. The first-order valence-electron chi connectivity index (χ1n) is 11.1. The third-order valence-electron chi connectivity index (χ3n) is 4.96. The van der Waals surface area contributed by atoms with Crippen molar-refractivity contribution in [2.45, 2.75) is 20.3 Å². The van der Waals surface area contributed by atoms with Crippen LogP contribution in [0.3, 0.4) is 0 Å². The summed E-state index contributed by atoms with van der Waals surface area (Å²) in [5, 5.41) is 2.16. The van der Waals surface area contributed by atoms with Crippen molar-refractivity contribution in [3.05, 3.63) is 65.1 Å². The van der Waals surface area contributed by atoms with E-state index in [9.17, 15) is 14.4 Å². The maximum Gasteiger partial charge on any atom is 0.294 e. The number of para-hydroxylation sites is 2. The van der Waals surface area contributed by atoms with Crippen molar-refractivity contribution in [2.75, 3.05) is 32.2 Å². The minimum absolute atomic E-state index is 0.219. The molecule has 0 aliphatic carbocycles. The predicted molar refractivity (Wildman–Crippen MR) is 137 cm³/mol. The maximum absolute atomic E-state index is 13.0. The number of imide groups is 1. The first-order chi connectivity index (χ1) is 16.9. The number of carbonyl (C=O) groups is 3. The van der Waals surface area contributed by atoms with Crippen LogP contribution in [-0.4, -0.2) is 48.8 Å². The van der Waals surface area contributed by atoms with Gasteiger partial charge in [0.25, 0.3) is 11.1 Å². The van der Waals surface area contributed by atoms with Crippen molar-refractivity contribution in [1.82, 2.24) is 4.90 Å². The fraction of sp³-hybridized carbons (Fsp3) is 0.269. The number of carbonyl (C=O) groups excluding carboxylic acids is 3. The molecule has 1 aliphatic rings. The van der Waals surface area contributed by atoms with Gasteiger partial charge < -0.3 is 19.5 Å². The van der Waals surface area contributed by atoms with Crippen LogP contribution >= 0.6 is 11.8 Å². The zero-order valence-electron chi connectivity index (χ0n) is 20.0. The number of nitrogens with one attached hydrogen (secondary N) is 1.